The zero-order valence-corrected chi connectivity index (χ0v) is 13.8. The van der Waals surface area contributed by atoms with Crippen LogP contribution in [0.4, 0.5) is 4.39 Å². The molecular formula is C19H22FN3O. The molecule has 2 unspecified atom stereocenters. The Morgan fingerprint density at radius 2 is 2.04 bits per heavy atom. The molecule has 1 aromatic heterocycles. The van der Waals surface area contributed by atoms with Crippen molar-refractivity contribution in [3.63, 3.8) is 0 Å². The Bertz CT molecular complexity index is 747. The lowest BCUT2D eigenvalue weighted by molar-refractivity contribution is 0.0216. The van der Waals surface area contributed by atoms with E-state index in [-0.39, 0.29) is 17.8 Å². The maximum Gasteiger partial charge on any atom is 0.267 e. The van der Waals surface area contributed by atoms with Crippen molar-refractivity contribution in [2.75, 3.05) is 13.1 Å². The van der Waals surface area contributed by atoms with Crippen LogP contribution in [0, 0.1) is 11.7 Å². The Labute approximate surface area is 141 Å². The molecule has 0 spiro atoms. The van der Waals surface area contributed by atoms with Crippen LogP contribution in [-0.2, 0) is 0 Å². The molecule has 3 fully saturated rings. The predicted molar refractivity (Wildman–Crippen MR) is 91.2 cm³/mol. The summed E-state index contributed by atoms with van der Waals surface area (Å²) in [5.41, 5.74) is 2.02. The van der Waals surface area contributed by atoms with Gasteiger partial charge in [0.25, 0.3) is 5.91 Å². The van der Waals surface area contributed by atoms with E-state index in [9.17, 15) is 9.18 Å². The molecule has 2 aromatic rings. The van der Waals surface area contributed by atoms with Gasteiger partial charge in [0, 0.05) is 23.3 Å². The Balaban J connectivity index is 1.49. The Morgan fingerprint density at radius 3 is 2.75 bits per heavy atom. The summed E-state index contributed by atoms with van der Waals surface area (Å²) in [6.07, 6.45) is 2.32. The molecule has 3 aliphatic rings. The van der Waals surface area contributed by atoms with Crippen LogP contribution in [0.1, 0.15) is 30.3 Å². The first-order valence-electron chi connectivity index (χ1n) is 8.62. The van der Waals surface area contributed by atoms with Gasteiger partial charge < -0.3 is 10.3 Å². The van der Waals surface area contributed by atoms with Crippen molar-refractivity contribution in [3.05, 3.63) is 47.9 Å². The summed E-state index contributed by atoms with van der Waals surface area (Å²) in [5.74, 6) is 0.212. The number of aromatic amines is 1. The smallest absolute Gasteiger partial charge is 0.267 e. The molecule has 0 saturated carbocycles. The Morgan fingerprint density at radius 1 is 1.25 bits per heavy atom. The summed E-state index contributed by atoms with van der Waals surface area (Å²) in [4.78, 5) is 18.2. The largest absolute Gasteiger partial charge is 0.351 e. The topological polar surface area (TPSA) is 48.1 Å². The number of fused-ring (bicyclic) bond motifs is 3. The van der Waals surface area contributed by atoms with Gasteiger partial charge in [0.15, 0.2) is 0 Å². The highest BCUT2D eigenvalue weighted by molar-refractivity contribution is 5.93. The van der Waals surface area contributed by atoms with Crippen LogP contribution in [0.5, 0.6) is 0 Å². The van der Waals surface area contributed by atoms with Gasteiger partial charge in [-0.2, -0.15) is 0 Å². The van der Waals surface area contributed by atoms with Crippen molar-refractivity contribution in [2.45, 2.75) is 31.8 Å². The van der Waals surface area contributed by atoms with Crippen molar-refractivity contribution in [2.24, 2.45) is 5.92 Å². The van der Waals surface area contributed by atoms with Gasteiger partial charge >= 0.3 is 0 Å². The van der Waals surface area contributed by atoms with E-state index in [1.54, 1.807) is 12.1 Å². The minimum Gasteiger partial charge on any atom is -0.351 e. The van der Waals surface area contributed by atoms with Gasteiger partial charge in [-0.25, -0.2) is 4.39 Å². The number of benzene rings is 1. The molecule has 24 heavy (non-hydrogen) atoms. The van der Waals surface area contributed by atoms with Gasteiger partial charge in [-0.15, -0.1) is 0 Å². The van der Waals surface area contributed by atoms with Gasteiger partial charge in [-0.3, -0.25) is 9.69 Å². The number of aromatic nitrogens is 1. The van der Waals surface area contributed by atoms with E-state index in [2.05, 4.69) is 22.1 Å². The molecule has 2 bridgehead atoms. The van der Waals surface area contributed by atoms with Gasteiger partial charge in [-0.1, -0.05) is 12.1 Å². The molecule has 5 rings (SSSR count). The van der Waals surface area contributed by atoms with Crippen LogP contribution in [-0.4, -0.2) is 41.0 Å². The third-order valence-corrected chi connectivity index (χ3v) is 5.54. The fourth-order valence-electron chi connectivity index (χ4n) is 4.13. The number of carbonyl (C=O) groups is 1. The average Bonchev–Trinajstić information content (AvgIpc) is 3.09. The number of H-pyrrole nitrogens is 1. The van der Waals surface area contributed by atoms with E-state index < -0.39 is 0 Å². The maximum absolute atomic E-state index is 13.4. The number of nitrogens with one attached hydrogen (secondary N) is 2. The van der Waals surface area contributed by atoms with Gasteiger partial charge in [0.1, 0.15) is 11.5 Å². The van der Waals surface area contributed by atoms with Crippen LogP contribution in [0.25, 0.3) is 11.3 Å². The lowest BCUT2D eigenvalue weighted by Crippen LogP contribution is -2.62. The fraction of sp³-hybridized carbons (Fsp3) is 0.421. The van der Waals surface area contributed by atoms with Crippen LogP contribution in [0.15, 0.2) is 36.4 Å². The highest BCUT2D eigenvalue weighted by Crippen LogP contribution is 2.32. The standard InChI is InChI=1S/C19H22FN3O/c1-12-18(13-7-9-23(12)10-8-13)22-19(24)17-6-5-16(21-17)14-3-2-4-15(20)11-14/h2-6,11-13,18,21H,7-10H2,1H3,(H,22,24). The van der Waals surface area contributed by atoms with Gasteiger partial charge in [-0.05, 0) is 63.0 Å². The van der Waals surface area contributed by atoms with E-state index in [1.807, 2.05) is 12.1 Å². The highest BCUT2D eigenvalue weighted by Gasteiger charge is 2.40. The van der Waals surface area contributed by atoms with Crippen molar-refractivity contribution < 1.29 is 9.18 Å². The third-order valence-electron chi connectivity index (χ3n) is 5.54. The second-order valence-corrected chi connectivity index (χ2v) is 6.91. The molecular weight excluding hydrogens is 305 g/mol. The summed E-state index contributed by atoms with van der Waals surface area (Å²) in [7, 11) is 0. The second-order valence-electron chi connectivity index (χ2n) is 6.91. The minimum atomic E-state index is -0.283. The van der Waals surface area contributed by atoms with Crippen molar-refractivity contribution >= 4 is 5.91 Å². The number of carbonyl (C=O) groups excluding carboxylic acids is 1. The number of nitrogens with zero attached hydrogens (tertiary/aromatic N) is 1. The number of hydrogen-bond acceptors (Lipinski definition) is 2. The average molecular weight is 327 g/mol. The number of halogens is 1. The molecule has 2 atom stereocenters. The Kier molecular flexibility index (Phi) is 3.88. The van der Waals surface area contributed by atoms with Crippen molar-refractivity contribution in [3.8, 4) is 11.3 Å². The predicted octanol–water partition coefficient (Wildman–Crippen LogP) is 3.03. The summed E-state index contributed by atoms with van der Waals surface area (Å²) >= 11 is 0. The lowest BCUT2D eigenvalue weighted by atomic mass is 9.79. The third kappa shape index (κ3) is 2.73. The first-order valence-corrected chi connectivity index (χ1v) is 8.62. The van der Waals surface area contributed by atoms with E-state index in [4.69, 9.17) is 0 Å². The summed E-state index contributed by atoms with van der Waals surface area (Å²) in [6, 6.07) is 10.6. The summed E-state index contributed by atoms with van der Waals surface area (Å²) < 4.78 is 13.4. The van der Waals surface area contributed by atoms with E-state index >= 15 is 0 Å². The number of rotatable bonds is 3. The second kappa shape index (κ2) is 6.06. The van der Waals surface area contributed by atoms with Crippen LogP contribution < -0.4 is 5.32 Å². The van der Waals surface area contributed by atoms with Gasteiger partial charge in [0.05, 0.1) is 0 Å². The highest BCUT2D eigenvalue weighted by atomic mass is 19.1. The molecule has 2 N–H and O–H groups in total. The van der Waals surface area contributed by atoms with Gasteiger partial charge in [0.2, 0.25) is 0 Å². The number of piperidine rings is 3. The molecule has 126 valence electrons. The quantitative estimate of drug-likeness (QED) is 0.910. The molecule has 3 saturated heterocycles. The van der Waals surface area contributed by atoms with E-state index in [0.717, 1.165) is 37.2 Å². The Hall–Kier alpha value is -2.14. The molecule has 4 nitrogen and oxygen atoms in total. The zero-order valence-electron chi connectivity index (χ0n) is 13.8. The molecule has 1 amide bonds. The van der Waals surface area contributed by atoms with E-state index in [1.165, 1.54) is 12.1 Å². The van der Waals surface area contributed by atoms with Crippen molar-refractivity contribution in [1.29, 1.82) is 0 Å². The van der Waals surface area contributed by atoms with E-state index in [0.29, 0.717) is 17.7 Å². The zero-order chi connectivity index (χ0) is 16.7. The lowest BCUT2D eigenvalue weighted by Gasteiger charge is -2.49. The molecule has 0 radical (unpaired) electrons. The normalized spacial score (nSPS) is 28.8. The SMILES string of the molecule is CC1C(NC(=O)c2ccc(-c3cccc(F)c3)[nH]2)C2CCN1CC2. The number of hydrogen-bond donors (Lipinski definition) is 2. The first kappa shape index (κ1) is 15.4. The number of amides is 1. The monoisotopic (exact) mass is 327 g/mol. The fourth-order valence-corrected chi connectivity index (χ4v) is 4.13. The molecule has 3 aliphatic heterocycles. The molecule has 1 aromatic carbocycles. The minimum absolute atomic E-state index is 0.0803. The molecule has 0 aliphatic carbocycles. The van der Waals surface area contributed by atoms with Crippen LogP contribution in [0.2, 0.25) is 0 Å². The maximum atomic E-state index is 13.4. The molecule has 4 heterocycles. The van der Waals surface area contributed by atoms with Crippen molar-refractivity contribution in [1.82, 2.24) is 15.2 Å². The molecule has 5 heteroatoms. The van der Waals surface area contributed by atoms with Crippen LogP contribution in [0.3, 0.4) is 0 Å². The first-order chi connectivity index (χ1) is 11.6. The summed E-state index contributed by atoms with van der Waals surface area (Å²) in [6.45, 7) is 4.48. The summed E-state index contributed by atoms with van der Waals surface area (Å²) in [5, 5.41) is 3.21. The van der Waals surface area contributed by atoms with Crippen LogP contribution >= 0.6 is 0 Å².